The molecule has 0 bridgehead atoms. The summed E-state index contributed by atoms with van der Waals surface area (Å²) >= 11 is 0. The summed E-state index contributed by atoms with van der Waals surface area (Å²) in [6, 6.07) is 9.52. The van der Waals surface area contributed by atoms with E-state index in [0.717, 1.165) is 30.0 Å². The maximum Gasteiger partial charge on any atom is 0.270 e. The van der Waals surface area contributed by atoms with E-state index in [0.29, 0.717) is 11.4 Å². The van der Waals surface area contributed by atoms with Crippen LogP contribution in [-0.2, 0) is 0 Å². The molecule has 6 nitrogen and oxygen atoms in total. The summed E-state index contributed by atoms with van der Waals surface area (Å²) in [6.45, 7) is 0.250. The third-order valence-electron chi connectivity index (χ3n) is 4.34. The molecule has 2 aliphatic rings. The minimum Gasteiger partial charge on any atom is -0.454 e. The van der Waals surface area contributed by atoms with Gasteiger partial charge in [0.05, 0.1) is 0 Å². The van der Waals surface area contributed by atoms with Crippen molar-refractivity contribution in [2.45, 2.75) is 31.7 Å². The molecule has 124 valence electrons. The fraction of sp³-hybridized carbons (Fsp3) is 0.333. The van der Waals surface area contributed by atoms with Crippen LogP contribution in [0.1, 0.15) is 36.2 Å². The first-order chi connectivity index (χ1) is 11.8. The van der Waals surface area contributed by atoms with Crippen LogP contribution >= 0.6 is 0 Å². The van der Waals surface area contributed by atoms with Crippen LogP contribution in [0.5, 0.6) is 11.5 Å². The number of rotatable bonds is 4. The van der Waals surface area contributed by atoms with Gasteiger partial charge < -0.3 is 20.1 Å². The first kappa shape index (κ1) is 14.8. The van der Waals surface area contributed by atoms with Gasteiger partial charge in [-0.25, -0.2) is 0 Å². The maximum absolute atomic E-state index is 12.3. The molecule has 0 spiro atoms. The number of fused-ring (bicyclic) bond motifs is 1. The fourth-order valence-corrected chi connectivity index (χ4v) is 3.10. The van der Waals surface area contributed by atoms with Crippen LogP contribution in [0, 0.1) is 0 Å². The predicted molar refractivity (Wildman–Crippen MR) is 89.8 cm³/mol. The summed E-state index contributed by atoms with van der Waals surface area (Å²) in [6.07, 6.45) is 6.12. The van der Waals surface area contributed by atoms with E-state index in [4.69, 9.17) is 9.47 Å². The van der Waals surface area contributed by atoms with Gasteiger partial charge >= 0.3 is 0 Å². The van der Waals surface area contributed by atoms with E-state index in [2.05, 4.69) is 15.6 Å². The quantitative estimate of drug-likeness (QED) is 0.903. The molecule has 1 aliphatic carbocycles. The molecule has 1 aromatic carbocycles. The number of nitrogens with zero attached hydrogens (tertiary/aromatic N) is 1. The Morgan fingerprint density at radius 3 is 2.71 bits per heavy atom. The van der Waals surface area contributed by atoms with E-state index < -0.39 is 0 Å². The lowest BCUT2D eigenvalue weighted by molar-refractivity contribution is 0.0933. The molecule has 6 heteroatoms. The molecule has 2 heterocycles. The van der Waals surface area contributed by atoms with Crippen molar-refractivity contribution in [2.75, 3.05) is 12.1 Å². The van der Waals surface area contributed by atoms with Crippen molar-refractivity contribution in [3.05, 3.63) is 42.2 Å². The highest BCUT2D eigenvalue weighted by Crippen LogP contribution is 2.35. The first-order valence-electron chi connectivity index (χ1n) is 8.21. The first-order valence-corrected chi connectivity index (χ1v) is 8.21. The van der Waals surface area contributed by atoms with Crippen molar-refractivity contribution >= 4 is 17.3 Å². The molecule has 0 saturated heterocycles. The van der Waals surface area contributed by atoms with Crippen LogP contribution < -0.4 is 20.1 Å². The number of nitrogens with one attached hydrogen (secondary N) is 2. The van der Waals surface area contributed by atoms with E-state index >= 15 is 0 Å². The predicted octanol–water partition coefficient (Wildman–Crippen LogP) is 3.23. The Bertz CT molecular complexity index is 757. The third kappa shape index (κ3) is 3.13. The number of ether oxygens (including phenoxy) is 2. The zero-order chi connectivity index (χ0) is 16.4. The summed E-state index contributed by atoms with van der Waals surface area (Å²) < 4.78 is 10.7. The summed E-state index contributed by atoms with van der Waals surface area (Å²) in [5.41, 5.74) is 2.10. The second kappa shape index (κ2) is 6.39. The van der Waals surface area contributed by atoms with E-state index in [9.17, 15) is 4.79 Å². The van der Waals surface area contributed by atoms with Gasteiger partial charge in [-0.3, -0.25) is 9.78 Å². The molecule has 24 heavy (non-hydrogen) atoms. The Balaban J connectivity index is 1.47. The Morgan fingerprint density at radius 1 is 1.04 bits per heavy atom. The highest BCUT2D eigenvalue weighted by Gasteiger charge is 2.19. The molecule has 1 saturated carbocycles. The van der Waals surface area contributed by atoms with Gasteiger partial charge in [0.1, 0.15) is 5.69 Å². The van der Waals surface area contributed by atoms with Gasteiger partial charge in [-0.15, -0.1) is 0 Å². The Hall–Kier alpha value is -2.76. The SMILES string of the molecule is O=C(NC1CCCC1)c1cc(Nc2ccc3c(c2)OCO3)ccn1. The minimum atomic E-state index is -0.115. The molecule has 0 radical (unpaired) electrons. The van der Waals surface area contributed by atoms with Gasteiger partial charge in [0.25, 0.3) is 5.91 Å². The van der Waals surface area contributed by atoms with Crippen LogP contribution in [0.2, 0.25) is 0 Å². The van der Waals surface area contributed by atoms with Crippen molar-refractivity contribution < 1.29 is 14.3 Å². The number of amides is 1. The number of aromatic nitrogens is 1. The van der Waals surface area contributed by atoms with Crippen LogP contribution in [0.3, 0.4) is 0 Å². The number of benzene rings is 1. The highest BCUT2D eigenvalue weighted by molar-refractivity contribution is 5.93. The largest absolute Gasteiger partial charge is 0.454 e. The van der Waals surface area contributed by atoms with Gasteiger partial charge in [-0.05, 0) is 37.1 Å². The summed E-state index contributed by atoms with van der Waals surface area (Å²) in [5, 5.41) is 6.32. The number of anilines is 2. The molecule has 0 atom stereocenters. The van der Waals surface area contributed by atoms with Crippen molar-refractivity contribution in [3.8, 4) is 11.5 Å². The van der Waals surface area contributed by atoms with E-state index in [-0.39, 0.29) is 18.7 Å². The Kier molecular flexibility index (Phi) is 3.94. The number of pyridine rings is 1. The molecule has 4 rings (SSSR count). The lowest BCUT2D eigenvalue weighted by atomic mass is 10.2. The number of hydrogen-bond donors (Lipinski definition) is 2. The standard InChI is InChI=1S/C18H19N3O3/c22-18(21-12-3-1-2-4-12)15-9-14(7-8-19-15)20-13-5-6-16-17(10-13)24-11-23-16/h5-10,12H,1-4,11H2,(H,19,20)(H,21,22). The van der Waals surface area contributed by atoms with Crippen molar-refractivity contribution in [2.24, 2.45) is 0 Å². The second-order valence-corrected chi connectivity index (χ2v) is 6.08. The summed E-state index contributed by atoms with van der Waals surface area (Å²) in [7, 11) is 0. The highest BCUT2D eigenvalue weighted by atomic mass is 16.7. The monoisotopic (exact) mass is 325 g/mol. The summed E-state index contributed by atoms with van der Waals surface area (Å²) in [4.78, 5) is 16.5. The molecule has 1 aromatic heterocycles. The Labute approximate surface area is 140 Å². The zero-order valence-electron chi connectivity index (χ0n) is 13.2. The van der Waals surface area contributed by atoms with Crippen LogP contribution in [-0.4, -0.2) is 23.7 Å². The van der Waals surface area contributed by atoms with E-state index in [1.165, 1.54) is 12.8 Å². The number of hydrogen-bond acceptors (Lipinski definition) is 5. The van der Waals surface area contributed by atoms with Crippen molar-refractivity contribution in [1.82, 2.24) is 10.3 Å². The van der Waals surface area contributed by atoms with E-state index in [1.54, 1.807) is 12.3 Å². The molecule has 1 amide bonds. The molecule has 2 N–H and O–H groups in total. The maximum atomic E-state index is 12.3. The van der Waals surface area contributed by atoms with Gasteiger partial charge in [0.2, 0.25) is 6.79 Å². The zero-order valence-corrected chi connectivity index (χ0v) is 13.2. The van der Waals surface area contributed by atoms with Crippen LogP contribution in [0.25, 0.3) is 0 Å². The molecular formula is C18H19N3O3. The van der Waals surface area contributed by atoms with Crippen LogP contribution in [0.4, 0.5) is 11.4 Å². The lowest BCUT2D eigenvalue weighted by Crippen LogP contribution is -2.33. The third-order valence-corrected chi connectivity index (χ3v) is 4.34. The second-order valence-electron chi connectivity index (χ2n) is 6.08. The van der Waals surface area contributed by atoms with Gasteiger partial charge in [-0.1, -0.05) is 12.8 Å². The van der Waals surface area contributed by atoms with Gasteiger partial charge in [0.15, 0.2) is 11.5 Å². The smallest absolute Gasteiger partial charge is 0.270 e. The van der Waals surface area contributed by atoms with Crippen LogP contribution in [0.15, 0.2) is 36.5 Å². The Morgan fingerprint density at radius 2 is 1.83 bits per heavy atom. The average Bonchev–Trinajstić information content (AvgIpc) is 3.26. The normalized spacial score (nSPS) is 16.2. The molecule has 1 aliphatic heterocycles. The molecule has 0 unspecified atom stereocenters. The fourth-order valence-electron chi connectivity index (χ4n) is 3.10. The molecular weight excluding hydrogens is 306 g/mol. The average molecular weight is 325 g/mol. The molecule has 1 fully saturated rings. The lowest BCUT2D eigenvalue weighted by Gasteiger charge is -2.12. The van der Waals surface area contributed by atoms with E-state index in [1.807, 2.05) is 24.3 Å². The molecule has 2 aromatic rings. The van der Waals surface area contributed by atoms with Gasteiger partial charge in [-0.2, -0.15) is 0 Å². The van der Waals surface area contributed by atoms with Crippen molar-refractivity contribution in [3.63, 3.8) is 0 Å². The number of carbonyl (C=O) groups is 1. The summed E-state index contributed by atoms with van der Waals surface area (Å²) in [5.74, 6) is 1.34. The van der Waals surface area contributed by atoms with Crippen molar-refractivity contribution in [1.29, 1.82) is 0 Å². The van der Waals surface area contributed by atoms with Gasteiger partial charge in [0, 0.05) is 29.7 Å². The number of carbonyl (C=O) groups excluding carboxylic acids is 1. The topological polar surface area (TPSA) is 72.5 Å². The minimum absolute atomic E-state index is 0.115.